The SMILES string of the molecule is [2H]C([2H])([2H])c1cc(-c2c(C)ccc3c2oc2c(C#N)c(-c4ccc(C(C)(c5ccccc5)c5ccccc5)cc4)ccc23)[n+](C)cc1C([2H])([2H])[2H]. The lowest BCUT2D eigenvalue weighted by Crippen LogP contribution is -2.31. The van der Waals surface area contributed by atoms with Crippen molar-refractivity contribution in [2.45, 2.75) is 33.0 Å². The summed E-state index contributed by atoms with van der Waals surface area (Å²) in [5, 5.41) is 12.1. The highest BCUT2D eigenvalue weighted by atomic mass is 16.3. The van der Waals surface area contributed by atoms with Gasteiger partial charge in [-0.05, 0) is 67.0 Å². The van der Waals surface area contributed by atoms with E-state index >= 15 is 0 Å². The molecule has 0 spiro atoms. The molecule has 0 aliphatic heterocycles. The van der Waals surface area contributed by atoms with E-state index in [-0.39, 0.29) is 11.1 Å². The number of aromatic nitrogens is 1. The number of rotatable bonds is 5. The van der Waals surface area contributed by atoms with Gasteiger partial charge < -0.3 is 4.42 Å². The van der Waals surface area contributed by atoms with Gasteiger partial charge in [-0.2, -0.15) is 5.26 Å². The molecule has 0 radical (unpaired) electrons. The zero-order valence-electron chi connectivity index (χ0n) is 31.3. The van der Waals surface area contributed by atoms with Crippen LogP contribution < -0.4 is 4.57 Å². The molecule has 0 saturated carbocycles. The normalized spacial score (nSPS) is 14.2. The molecule has 2 heterocycles. The highest BCUT2D eigenvalue weighted by Gasteiger charge is 2.31. The Morgan fingerprint density at radius 3 is 1.93 bits per heavy atom. The van der Waals surface area contributed by atoms with Gasteiger partial charge in [0.25, 0.3) is 0 Å². The lowest BCUT2D eigenvalue weighted by atomic mass is 9.71. The van der Waals surface area contributed by atoms with Crippen molar-refractivity contribution in [3.63, 3.8) is 0 Å². The number of pyridine rings is 1. The molecule has 3 nitrogen and oxygen atoms in total. The summed E-state index contributed by atoms with van der Waals surface area (Å²) in [4.78, 5) is 0. The Morgan fingerprint density at radius 2 is 1.31 bits per heavy atom. The van der Waals surface area contributed by atoms with Crippen LogP contribution in [0.1, 0.15) is 54.1 Å². The largest absolute Gasteiger partial charge is 0.454 e. The zero-order valence-corrected chi connectivity index (χ0v) is 25.3. The van der Waals surface area contributed by atoms with Crippen LogP contribution in [0.2, 0.25) is 0 Å². The molecule has 0 unspecified atom stereocenters. The third-order valence-corrected chi connectivity index (χ3v) is 9.14. The topological polar surface area (TPSA) is 40.8 Å². The summed E-state index contributed by atoms with van der Waals surface area (Å²) < 4.78 is 56.6. The summed E-state index contributed by atoms with van der Waals surface area (Å²) in [6.45, 7) is -1.14. The van der Waals surface area contributed by atoms with Crippen LogP contribution in [-0.4, -0.2) is 0 Å². The fraction of sp³-hybridized carbons (Fsp3) is 0.143. The highest BCUT2D eigenvalue weighted by Crippen LogP contribution is 2.42. The van der Waals surface area contributed by atoms with Gasteiger partial charge in [0.2, 0.25) is 5.69 Å². The highest BCUT2D eigenvalue weighted by molar-refractivity contribution is 6.12. The predicted molar refractivity (Wildman–Crippen MR) is 183 cm³/mol. The van der Waals surface area contributed by atoms with Crippen molar-refractivity contribution in [3.05, 3.63) is 160 Å². The van der Waals surface area contributed by atoms with E-state index in [0.29, 0.717) is 28.0 Å². The maximum absolute atomic E-state index is 10.6. The predicted octanol–water partition coefficient (Wildman–Crippen LogP) is 9.90. The van der Waals surface area contributed by atoms with Crippen molar-refractivity contribution in [1.82, 2.24) is 0 Å². The fourth-order valence-electron chi connectivity index (χ4n) is 6.60. The smallest absolute Gasteiger partial charge is 0.216 e. The third kappa shape index (κ3) is 4.53. The lowest BCUT2D eigenvalue weighted by molar-refractivity contribution is -0.660. The molecule has 0 fully saturated rings. The first-order valence-corrected chi connectivity index (χ1v) is 14.9. The number of furan rings is 1. The van der Waals surface area contributed by atoms with E-state index in [2.05, 4.69) is 73.7 Å². The Morgan fingerprint density at radius 1 is 0.711 bits per heavy atom. The maximum atomic E-state index is 10.6. The second-order valence-corrected chi connectivity index (χ2v) is 11.7. The Bertz CT molecular complexity index is 2430. The first-order chi connectivity index (χ1) is 24.2. The molecule has 0 aliphatic rings. The van der Waals surface area contributed by atoms with E-state index in [0.717, 1.165) is 33.0 Å². The molecule has 0 saturated heterocycles. The van der Waals surface area contributed by atoms with Gasteiger partial charge in [0.15, 0.2) is 11.8 Å². The van der Waals surface area contributed by atoms with Gasteiger partial charge in [0, 0.05) is 41.6 Å². The minimum absolute atomic E-state index is 0.224. The van der Waals surface area contributed by atoms with Crippen LogP contribution in [-0.2, 0) is 12.5 Å². The van der Waals surface area contributed by atoms with E-state index < -0.39 is 19.1 Å². The minimum Gasteiger partial charge on any atom is -0.454 e. The summed E-state index contributed by atoms with van der Waals surface area (Å²) >= 11 is 0. The third-order valence-electron chi connectivity index (χ3n) is 9.14. The zero-order chi connectivity index (χ0) is 36.3. The van der Waals surface area contributed by atoms with Crippen molar-refractivity contribution < 1.29 is 17.2 Å². The van der Waals surface area contributed by atoms with E-state index in [1.54, 1.807) is 11.6 Å². The number of aryl methyl sites for hydroxylation is 4. The molecule has 0 bridgehead atoms. The van der Waals surface area contributed by atoms with Crippen LogP contribution in [0, 0.1) is 32.0 Å². The van der Waals surface area contributed by atoms with Crippen molar-refractivity contribution >= 4 is 21.9 Å². The van der Waals surface area contributed by atoms with Crippen LogP contribution in [0.25, 0.3) is 44.3 Å². The molecule has 218 valence electrons. The maximum Gasteiger partial charge on any atom is 0.216 e. The standard InChI is InChI=1S/C42H35N2O/c1-27-16-21-36-35-23-22-34(37(25-43)40(35)45-41(36)39(27)38-24-28(2)29(3)26-44(38)5)30-17-19-33(20-18-30)42(4,31-12-8-6-9-13-31)32-14-10-7-11-15-32/h6-24,26H,1-5H3/q+1/i2D3,3D3. The first-order valence-electron chi connectivity index (χ1n) is 17.9. The number of hydrogen-bond acceptors (Lipinski definition) is 2. The van der Waals surface area contributed by atoms with Gasteiger partial charge in [0.1, 0.15) is 24.3 Å². The molecule has 2 aromatic heterocycles. The molecule has 7 aromatic rings. The van der Waals surface area contributed by atoms with Crippen molar-refractivity contribution in [2.24, 2.45) is 7.05 Å². The monoisotopic (exact) mass is 589 g/mol. The molecule has 0 atom stereocenters. The van der Waals surface area contributed by atoms with Crippen molar-refractivity contribution in [1.29, 1.82) is 5.26 Å². The van der Waals surface area contributed by atoms with Gasteiger partial charge in [-0.3, -0.25) is 0 Å². The van der Waals surface area contributed by atoms with Gasteiger partial charge >= 0.3 is 0 Å². The average Bonchev–Trinajstić information content (AvgIpc) is 3.49. The molecule has 7 rings (SSSR count). The Hall–Kier alpha value is -5.46. The Kier molecular flexibility index (Phi) is 5.36. The number of fused-ring (bicyclic) bond motifs is 3. The number of hydrogen-bond donors (Lipinski definition) is 0. The van der Waals surface area contributed by atoms with Gasteiger partial charge in [0.05, 0.1) is 5.56 Å². The fourth-order valence-corrected chi connectivity index (χ4v) is 6.60. The molecular formula is C42H35N2O+. The molecule has 3 heteroatoms. The van der Waals surface area contributed by atoms with Gasteiger partial charge in [-0.25, -0.2) is 4.57 Å². The summed E-state index contributed by atoms with van der Waals surface area (Å²) in [7, 11) is 1.69. The average molecular weight is 590 g/mol. The Labute approximate surface area is 273 Å². The van der Waals surface area contributed by atoms with E-state index in [4.69, 9.17) is 12.6 Å². The van der Waals surface area contributed by atoms with Crippen LogP contribution in [0.5, 0.6) is 0 Å². The van der Waals surface area contributed by atoms with Crippen LogP contribution in [0.15, 0.2) is 126 Å². The van der Waals surface area contributed by atoms with E-state index in [1.165, 1.54) is 23.4 Å². The van der Waals surface area contributed by atoms with E-state index in [9.17, 15) is 5.26 Å². The van der Waals surface area contributed by atoms with Crippen molar-refractivity contribution in [3.8, 4) is 28.5 Å². The molecule has 5 aromatic carbocycles. The van der Waals surface area contributed by atoms with E-state index in [1.807, 2.05) is 55.5 Å². The molecular weight excluding hydrogens is 548 g/mol. The summed E-state index contributed by atoms with van der Waals surface area (Å²) in [5.41, 5.74) is 7.42. The number of nitriles is 1. The second kappa shape index (κ2) is 10.9. The number of benzene rings is 5. The quantitative estimate of drug-likeness (QED) is 0.148. The second-order valence-electron chi connectivity index (χ2n) is 11.7. The van der Waals surface area contributed by atoms with Gasteiger partial charge in [-0.15, -0.1) is 0 Å². The van der Waals surface area contributed by atoms with Crippen molar-refractivity contribution in [2.75, 3.05) is 0 Å². The van der Waals surface area contributed by atoms with Crippen LogP contribution >= 0.6 is 0 Å². The minimum atomic E-state index is -2.65. The molecule has 0 aliphatic carbocycles. The lowest BCUT2D eigenvalue weighted by Gasteiger charge is -2.32. The molecule has 45 heavy (non-hydrogen) atoms. The Balaban J connectivity index is 1.39. The van der Waals surface area contributed by atoms with Crippen LogP contribution in [0.4, 0.5) is 0 Å². The molecule has 0 amide bonds. The first kappa shape index (κ1) is 22.1. The van der Waals surface area contributed by atoms with Crippen LogP contribution in [0.3, 0.4) is 0 Å². The summed E-state index contributed by atoms with van der Waals surface area (Å²) in [6, 6.07) is 40.7. The molecule has 0 N–H and O–H groups in total. The number of nitrogens with zero attached hydrogens (tertiary/aromatic N) is 2. The van der Waals surface area contributed by atoms with Gasteiger partial charge in [-0.1, -0.05) is 103 Å². The summed E-state index contributed by atoms with van der Waals surface area (Å²) in [6.07, 6.45) is 1.37. The summed E-state index contributed by atoms with van der Waals surface area (Å²) in [5.74, 6) is 0.